The Morgan fingerprint density at radius 3 is 2.57 bits per heavy atom. The largest absolute Gasteiger partial charge is 0.313 e. The topological polar surface area (TPSA) is 15.3 Å². The molecule has 1 aliphatic heterocycles. The number of hydrogen-bond acceptors (Lipinski definition) is 2. The van der Waals surface area contributed by atoms with Crippen LogP contribution in [0.4, 0.5) is 0 Å². The first-order valence-electron chi connectivity index (χ1n) is 6.25. The highest BCUT2D eigenvalue weighted by atomic mass is 15.1. The summed E-state index contributed by atoms with van der Waals surface area (Å²) in [6, 6.07) is 0.770. The molecule has 1 fully saturated rings. The first-order chi connectivity index (χ1) is 6.83. The van der Waals surface area contributed by atoms with Crippen molar-refractivity contribution >= 4 is 0 Å². The van der Waals surface area contributed by atoms with E-state index in [1.165, 1.54) is 45.3 Å². The zero-order valence-electron chi connectivity index (χ0n) is 10.5. The summed E-state index contributed by atoms with van der Waals surface area (Å²) in [5, 5.41) is 3.52. The van der Waals surface area contributed by atoms with E-state index >= 15 is 0 Å². The SMILES string of the molecule is CC.CCCCN(C)CC1CCCN1. The predicted octanol–water partition coefficient (Wildman–Crippen LogP) is 2.50. The maximum atomic E-state index is 3.52. The van der Waals surface area contributed by atoms with E-state index in [1.54, 1.807) is 0 Å². The molecule has 0 saturated carbocycles. The molecule has 0 spiro atoms. The van der Waals surface area contributed by atoms with Gasteiger partial charge in [-0.15, -0.1) is 0 Å². The molecule has 0 aromatic rings. The van der Waals surface area contributed by atoms with Crippen molar-refractivity contribution in [3.8, 4) is 0 Å². The number of unbranched alkanes of at least 4 members (excludes halogenated alkanes) is 1. The molecular formula is C12H28N2. The number of rotatable bonds is 5. The minimum absolute atomic E-state index is 0.770. The van der Waals surface area contributed by atoms with E-state index in [0.29, 0.717) is 0 Å². The first-order valence-corrected chi connectivity index (χ1v) is 6.25. The second-order valence-electron chi connectivity index (χ2n) is 3.91. The molecule has 2 nitrogen and oxygen atoms in total. The van der Waals surface area contributed by atoms with Gasteiger partial charge in [-0.05, 0) is 39.4 Å². The predicted molar refractivity (Wildman–Crippen MR) is 64.8 cm³/mol. The van der Waals surface area contributed by atoms with Crippen LogP contribution in [-0.2, 0) is 0 Å². The summed E-state index contributed by atoms with van der Waals surface area (Å²) >= 11 is 0. The molecule has 0 aromatic heterocycles. The van der Waals surface area contributed by atoms with Crippen molar-refractivity contribution in [2.75, 3.05) is 26.7 Å². The van der Waals surface area contributed by atoms with E-state index in [4.69, 9.17) is 0 Å². The maximum Gasteiger partial charge on any atom is 0.0195 e. The summed E-state index contributed by atoms with van der Waals surface area (Å²) in [4.78, 5) is 2.45. The monoisotopic (exact) mass is 200 g/mol. The van der Waals surface area contributed by atoms with Crippen molar-refractivity contribution < 1.29 is 0 Å². The Balaban J connectivity index is 0.000000791. The molecule has 1 N–H and O–H groups in total. The highest BCUT2D eigenvalue weighted by Crippen LogP contribution is 2.06. The number of nitrogens with one attached hydrogen (secondary N) is 1. The lowest BCUT2D eigenvalue weighted by Gasteiger charge is -2.20. The average molecular weight is 200 g/mol. The van der Waals surface area contributed by atoms with Gasteiger partial charge in [0.2, 0.25) is 0 Å². The molecular weight excluding hydrogens is 172 g/mol. The van der Waals surface area contributed by atoms with Crippen LogP contribution in [0.1, 0.15) is 46.5 Å². The Hall–Kier alpha value is -0.0800. The van der Waals surface area contributed by atoms with Crippen LogP contribution in [-0.4, -0.2) is 37.6 Å². The van der Waals surface area contributed by atoms with Crippen LogP contribution >= 0.6 is 0 Å². The molecule has 1 saturated heterocycles. The summed E-state index contributed by atoms with van der Waals surface area (Å²) in [5.74, 6) is 0. The van der Waals surface area contributed by atoms with Crippen molar-refractivity contribution in [2.24, 2.45) is 0 Å². The first kappa shape index (κ1) is 13.9. The molecule has 2 heteroatoms. The van der Waals surface area contributed by atoms with Crippen LogP contribution in [0.25, 0.3) is 0 Å². The zero-order valence-corrected chi connectivity index (χ0v) is 10.5. The molecule has 1 aliphatic rings. The van der Waals surface area contributed by atoms with Crippen LogP contribution in [0.3, 0.4) is 0 Å². The van der Waals surface area contributed by atoms with Crippen LogP contribution in [0.2, 0.25) is 0 Å². The lowest BCUT2D eigenvalue weighted by atomic mass is 10.2. The Labute approximate surface area is 90.1 Å². The van der Waals surface area contributed by atoms with Crippen molar-refractivity contribution in [3.05, 3.63) is 0 Å². The number of likely N-dealkylation sites (N-methyl/N-ethyl adjacent to an activating group) is 1. The quantitative estimate of drug-likeness (QED) is 0.733. The van der Waals surface area contributed by atoms with Gasteiger partial charge >= 0.3 is 0 Å². The van der Waals surface area contributed by atoms with E-state index in [2.05, 4.69) is 24.2 Å². The molecule has 1 heterocycles. The van der Waals surface area contributed by atoms with Gasteiger partial charge in [-0.3, -0.25) is 0 Å². The molecule has 1 rings (SSSR count). The fraction of sp³-hybridized carbons (Fsp3) is 1.00. The lowest BCUT2D eigenvalue weighted by molar-refractivity contribution is 0.296. The van der Waals surface area contributed by atoms with Crippen LogP contribution in [0, 0.1) is 0 Å². The normalized spacial score (nSPS) is 20.8. The van der Waals surface area contributed by atoms with Gasteiger partial charge in [-0.2, -0.15) is 0 Å². The number of hydrogen-bond donors (Lipinski definition) is 1. The van der Waals surface area contributed by atoms with Gasteiger partial charge in [-0.25, -0.2) is 0 Å². The Morgan fingerprint density at radius 1 is 1.36 bits per heavy atom. The van der Waals surface area contributed by atoms with Gasteiger partial charge in [0.1, 0.15) is 0 Å². The summed E-state index contributed by atoms with van der Waals surface area (Å²) in [6.45, 7) is 9.97. The lowest BCUT2D eigenvalue weighted by Crippen LogP contribution is -2.35. The highest BCUT2D eigenvalue weighted by Gasteiger charge is 2.14. The van der Waals surface area contributed by atoms with Gasteiger partial charge in [0.25, 0.3) is 0 Å². The highest BCUT2D eigenvalue weighted by molar-refractivity contribution is 4.76. The van der Waals surface area contributed by atoms with Gasteiger partial charge in [-0.1, -0.05) is 27.2 Å². The Kier molecular flexibility index (Phi) is 9.42. The fourth-order valence-electron chi connectivity index (χ4n) is 1.81. The minimum atomic E-state index is 0.770. The Morgan fingerprint density at radius 2 is 2.07 bits per heavy atom. The van der Waals surface area contributed by atoms with Gasteiger partial charge < -0.3 is 10.2 Å². The summed E-state index contributed by atoms with van der Waals surface area (Å²) in [5.41, 5.74) is 0. The van der Waals surface area contributed by atoms with Crippen molar-refractivity contribution in [3.63, 3.8) is 0 Å². The molecule has 86 valence electrons. The molecule has 0 radical (unpaired) electrons. The van der Waals surface area contributed by atoms with Gasteiger partial charge in [0.15, 0.2) is 0 Å². The Bertz CT molecular complexity index is 109. The van der Waals surface area contributed by atoms with Crippen molar-refractivity contribution in [1.82, 2.24) is 10.2 Å². The van der Waals surface area contributed by atoms with E-state index in [9.17, 15) is 0 Å². The molecule has 1 unspecified atom stereocenters. The van der Waals surface area contributed by atoms with Crippen LogP contribution in [0.5, 0.6) is 0 Å². The van der Waals surface area contributed by atoms with Crippen molar-refractivity contribution in [2.45, 2.75) is 52.5 Å². The minimum Gasteiger partial charge on any atom is -0.313 e. The summed E-state index contributed by atoms with van der Waals surface area (Å²) in [6.07, 6.45) is 5.38. The molecule has 0 bridgehead atoms. The smallest absolute Gasteiger partial charge is 0.0195 e. The van der Waals surface area contributed by atoms with Gasteiger partial charge in [0, 0.05) is 12.6 Å². The number of nitrogens with zero attached hydrogens (tertiary/aromatic N) is 1. The summed E-state index contributed by atoms with van der Waals surface area (Å²) in [7, 11) is 2.23. The second-order valence-corrected chi connectivity index (χ2v) is 3.91. The van der Waals surface area contributed by atoms with Crippen molar-refractivity contribution in [1.29, 1.82) is 0 Å². The third kappa shape index (κ3) is 6.39. The molecule has 0 amide bonds. The average Bonchev–Trinajstić information content (AvgIpc) is 2.70. The van der Waals surface area contributed by atoms with Crippen LogP contribution < -0.4 is 5.32 Å². The van der Waals surface area contributed by atoms with E-state index in [-0.39, 0.29) is 0 Å². The van der Waals surface area contributed by atoms with E-state index in [0.717, 1.165) is 6.04 Å². The summed E-state index contributed by atoms with van der Waals surface area (Å²) < 4.78 is 0. The zero-order chi connectivity index (χ0) is 10.8. The standard InChI is InChI=1S/C10H22N2.C2H6/c1-3-4-8-12(2)9-10-6-5-7-11-10;1-2/h10-11H,3-9H2,1-2H3;1-2H3. The molecule has 1 atom stereocenters. The third-order valence-corrected chi connectivity index (χ3v) is 2.59. The maximum absolute atomic E-state index is 3.52. The van der Waals surface area contributed by atoms with Crippen LogP contribution in [0.15, 0.2) is 0 Å². The molecule has 0 aromatic carbocycles. The van der Waals surface area contributed by atoms with E-state index < -0.39 is 0 Å². The van der Waals surface area contributed by atoms with Gasteiger partial charge in [0.05, 0.1) is 0 Å². The molecule has 0 aliphatic carbocycles. The fourth-order valence-corrected chi connectivity index (χ4v) is 1.81. The second kappa shape index (κ2) is 9.47. The third-order valence-electron chi connectivity index (χ3n) is 2.59. The van der Waals surface area contributed by atoms with E-state index in [1.807, 2.05) is 13.8 Å². The molecule has 14 heavy (non-hydrogen) atoms.